The van der Waals surface area contributed by atoms with Crippen molar-refractivity contribution < 1.29 is 4.84 Å². The van der Waals surface area contributed by atoms with Crippen LogP contribution in [0.15, 0.2) is 59.8 Å². The number of benzene rings is 2. The molecule has 3 nitrogen and oxygen atoms in total. The molecule has 0 atom stereocenters. The summed E-state index contributed by atoms with van der Waals surface area (Å²) in [6.45, 7) is 2.26. The van der Waals surface area contributed by atoms with Gasteiger partial charge < -0.3 is 4.84 Å². The summed E-state index contributed by atoms with van der Waals surface area (Å²) in [6.07, 6.45) is 0. The van der Waals surface area contributed by atoms with Crippen molar-refractivity contribution in [3.05, 3.63) is 71.3 Å². The molecule has 2 rings (SSSR count). The van der Waals surface area contributed by atoms with Crippen LogP contribution in [0.2, 0.25) is 0 Å². The van der Waals surface area contributed by atoms with Gasteiger partial charge in [-0.1, -0.05) is 53.7 Å². The van der Waals surface area contributed by atoms with E-state index in [1.165, 1.54) is 0 Å². The normalized spacial score (nSPS) is 10.8. The van der Waals surface area contributed by atoms with Gasteiger partial charge in [0.1, 0.15) is 6.61 Å². The molecule has 0 spiro atoms. The van der Waals surface area contributed by atoms with Crippen molar-refractivity contribution in [1.29, 1.82) is 5.26 Å². The Labute approximate surface area is 112 Å². The Hall–Kier alpha value is -2.60. The van der Waals surface area contributed by atoms with E-state index in [1.54, 1.807) is 6.07 Å². The minimum Gasteiger partial charge on any atom is -0.391 e. The minimum absolute atomic E-state index is 0.424. The third-order valence-corrected chi connectivity index (χ3v) is 2.71. The van der Waals surface area contributed by atoms with E-state index in [2.05, 4.69) is 11.2 Å². The Morgan fingerprint density at radius 2 is 1.79 bits per heavy atom. The average molecular weight is 250 g/mol. The van der Waals surface area contributed by atoms with E-state index in [9.17, 15) is 0 Å². The monoisotopic (exact) mass is 250 g/mol. The molecule has 2 aromatic rings. The molecule has 0 amide bonds. The number of hydrogen-bond donors (Lipinski definition) is 0. The van der Waals surface area contributed by atoms with Gasteiger partial charge in [-0.25, -0.2) is 0 Å². The van der Waals surface area contributed by atoms with E-state index >= 15 is 0 Å². The highest BCUT2D eigenvalue weighted by molar-refractivity contribution is 6.00. The van der Waals surface area contributed by atoms with E-state index in [-0.39, 0.29) is 0 Å². The van der Waals surface area contributed by atoms with Crippen molar-refractivity contribution in [3.8, 4) is 6.07 Å². The van der Waals surface area contributed by atoms with Gasteiger partial charge in [0.2, 0.25) is 0 Å². The summed E-state index contributed by atoms with van der Waals surface area (Å²) >= 11 is 0. The zero-order valence-corrected chi connectivity index (χ0v) is 10.7. The highest BCUT2D eigenvalue weighted by Crippen LogP contribution is 2.09. The summed E-state index contributed by atoms with van der Waals surface area (Å²) in [7, 11) is 0. The summed E-state index contributed by atoms with van der Waals surface area (Å²) in [4.78, 5) is 5.31. The Morgan fingerprint density at radius 1 is 1.11 bits per heavy atom. The molecular weight excluding hydrogens is 236 g/mol. The van der Waals surface area contributed by atoms with Crippen molar-refractivity contribution in [2.75, 3.05) is 0 Å². The van der Waals surface area contributed by atoms with E-state index in [1.807, 2.05) is 55.5 Å². The molecule has 0 unspecified atom stereocenters. The van der Waals surface area contributed by atoms with E-state index in [0.717, 1.165) is 11.1 Å². The van der Waals surface area contributed by atoms with E-state index in [0.29, 0.717) is 17.9 Å². The second-order valence-electron chi connectivity index (χ2n) is 4.09. The van der Waals surface area contributed by atoms with Gasteiger partial charge in [-0.15, -0.1) is 0 Å². The van der Waals surface area contributed by atoms with Crippen molar-refractivity contribution in [1.82, 2.24) is 0 Å². The third-order valence-electron chi connectivity index (χ3n) is 2.71. The van der Waals surface area contributed by atoms with Crippen molar-refractivity contribution in [3.63, 3.8) is 0 Å². The number of oxime groups is 1. The lowest BCUT2D eigenvalue weighted by molar-refractivity contribution is 0.130. The molecule has 0 aliphatic carbocycles. The lowest BCUT2D eigenvalue weighted by atomic mass is 10.1. The summed E-state index contributed by atoms with van der Waals surface area (Å²) in [5.74, 6) is 0. The van der Waals surface area contributed by atoms with E-state index in [4.69, 9.17) is 10.1 Å². The number of hydrogen-bond acceptors (Lipinski definition) is 3. The molecule has 19 heavy (non-hydrogen) atoms. The molecule has 3 heteroatoms. The van der Waals surface area contributed by atoms with Gasteiger partial charge in [-0.3, -0.25) is 0 Å². The van der Waals surface area contributed by atoms with Gasteiger partial charge >= 0.3 is 0 Å². The number of nitrogens with zero attached hydrogens (tertiary/aromatic N) is 2. The molecule has 0 bridgehead atoms. The smallest absolute Gasteiger partial charge is 0.142 e. The maximum Gasteiger partial charge on any atom is 0.142 e. The van der Waals surface area contributed by atoms with Crippen LogP contribution in [-0.2, 0) is 11.4 Å². The molecule has 0 aliphatic rings. The van der Waals surface area contributed by atoms with Crippen LogP contribution in [0.4, 0.5) is 0 Å². The minimum atomic E-state index is 0.424. The SMILES string of the molecule is C/C(=N\OCc1ccccc1)c1ccccc1C#N. The first-order valence-corrected chi connectivity index (χ1v) is 6.01. The molecule has 0 saturated carbocycles. The van der Waals surface area contributed by atoms with Gasteiger partial charge in [0.15, 0.2) is 0 Å². The summed E-state index contributed by atoms with van der Waals surface area (Å²) < 4.78 is 0. The molecule has 0 heterocycles. The Kier molecular flexibility index (Phi) is 4.30. The summed E-state index contributed by atoms with van der Waals surface area (Å²) in [5, 5.41) is 13.1. The topological polar surface area (TPSA) is 45.4 Å². The lowest BCUT2D eigenvalue weighted by Gasteiger charge is -2.04. The van der Waals surface area contributed by atoms with Crippen LogP contribution in [-0.4, -0.2) is 5.71 Å². The molecule has 0 radical (unpaired) electrons. The first-order chi connectivity index (χ1) is 9.31. The number of nitriles is 1. The Morgan fingerprint density at radius 3 is 2.53 bits per heavy atom. The van der Waals surface area contributed by atoms with Gasteiger partial charge in [0, 0.05) is 5.56 Å². The van der Waals surface area contributed by atoms with Gasteiger partial charge in [-0.05, 0) is 18.6 Å². The molecule has 2 aromatic carbocycles. The first kappa shape index (κ1) is 12.8. The summed E-state index contributed by atoms with van der Waals surface area (Å²) in [5.41, 5.74) is 3.17. The summed E-state index contributed by atoms with van der Waals surface area (Å²) in [6, 6.07) is 19.3. The zero-order chi connectivity index (χ0) is 13.5. The van der Waals surface area contributed by atoms with Crippen LogP contribution >= 0.6 is 0 Å². The molecule has 0 aliphatic heterocycles. The second-order valence-corrected chi connectivity index (χ2v) is 4.09. The quantitative estimate of drug-likeness (QED) is 0.615. The first-order valence-electron chi connectivity index (χ1n) is 6.01. The fourth-order valence-corrected chi connectivity index (χ4v) is 1.72. The molecule has 0 fully saturated rings. The maximum absolute atomic E-state index is 9.02. The van der Waals surface area contributed by atoms with Crippen LogP contribution in [0.1, 0.15) is 23.6 Å². The Bertz CT molecular complexity index is 612. The van der Waals surface area contributed by atoms with Crippen molar-refractivity contribution in [2.24, 2.45) is 5.16 Å². The molecule has 94 valence electrons. The van der Waals surface area contributed by atoms with Gasteiger partial charge in [0.25, 0.3) is 0 Å². The molecule has 0 N–H and O–H groups in total. The highest BCUT2D eigenvalue weighted by Gasteiger charge is 2.04. The zero-order valence-electron chi connectivity index (χ0n) is 10.7. The lowest BCUT2D eigenvalue weighted by Crippen LogP contribution is -1.99. The standard InChI is InChI=1S/C16H14N2O/c1-13(16-10-6-5-9-15(16)11-17)18-19-12-14-7-3-2-4-8-14/h2-10H,12H2,1H3/b18-13+. The van der Waals surface area contributed by atoms with Crippen LogP contribution < -0.4 is 0 Å². The molecular formula is C16H14N2O. The Balaban J connectivity index is 2.06. The van der Waals surface area contributed by atoms with Crippen LogP contribution in [0.25, 0.3) is 0 Å². The van der Waals surface area contributed by atoms with Crippen LogP contribution in [0, 0.1) is 11.3 Å². The number of rotatable bonds is 4. The van der Waals surface area contributed by atoms with Crippen molar-refractivity contribution >= 4 is 5.71 Å². The van der Waals surface area contributed by atoms with Gasteiger partial charge in [0.05, 0.1) is 17.3 Å². The third kappa shape index (κ3) is 3.43. The van der Waals surface area contributed by atoms with E-state index < -0.39 is 0 Å². The molecule has 0 aromatic heterocycles. The molecule has 0 saturated heterocycles. The second kappa shape index (κ2) is 6.36. The fourth-order valence-electron chi connectivity index (χ4n) is 1.72. The fraction of sp³-hybridized carbons (Fsp3) is 0.125. The average Bonchev–Trinajstić information content (AvgIpc) is 2.48. The largest absolute Gasteiger partial charge is 0.391 e. The maximum atomic E-state index is 9.02. The van der Waals surface area contributed by atoms with Gasteiger partial charge in [-0.2, -0.15) is 5.26 Å². The predicted octanol–water partition coefficient (Wildman–Crippen LogP) is 3.50. The van der Waals surface area contributed by atoms with Crippen molar-refractivity contribution in [2.45, 2.75) is 13.5 Å². The highest BCUT2D eigenvalue weighted by atomic mass is 16.6. The van der Waals surface area contributed by atoms with Crippen LogP contribution in [0.5, 0.6) is 0 Å². The van der Waals surface area contributed by atoms with Crippen LogP contribution in [0.3, 0.4) is 0 Å². The predicted molar refractivity (Wildman–Crippen MR) is 74.6 cm³/mol.